The van der Waals surface area contributed by atoms with Gasteiger partial charge in [0.15, 0.2) is 0 Å². The summed E-state index contributed by atoms with van der Waals surface area (Å²) in [7, 11) is 0. The average Bonchev–Trinajstić information content (AvgIpc) is 1.95. The first-order valence-corrected chi connectivity index (χ1v) is 4.43. The maximum atomic E-state index is 12.7. The summed E-state index contributed by atoms with van der Waals surface area (Å²) in [4.78, 5) is 10.7. The van der Waals surface area contributed by atoms with Gasteiger partial charge in [-0.2, -0.15) is 0 Å². The third-order valence-corrected chi connectivity index (χ3v) is 2.49. The van der Waals surface area contributed by atoms with Crippen molar-refractivity contribution in [3.8, 4) is 0 Å². The number of hydrogen-bond acceptors (Lipinski definition) is 2. The number of halogens is 2. The molecule has 1 aliphatic rings. The Balaban J connectivity index is 2.51. The van der Waals surface area contributed by atoms with Gasteiger partial charge in [-0.3, -0.25) is 4.79 Å². The molecule has 0 atom stereocenters. The van der Waals surface area contributed by atoms with Crippen molar-refractivity contribution in [1.29, 1.82) is 0 Å². The zero-order valence-electron chi connectivity index (χ0n) is 7.65. The molecule has 2 nitrogen and oxygen atoms in total. The third kappa shape index (κ3) is 3.03. The number of hydrogen-bond donors (Lipinski definition) is 1. The van der Waals surface area contributed by atoms with Crippen LogP contribution in [0.4, 0.5) is 8.78 Å². The lowest BCUT2D eigenvalue weighted by atomic mass is 9.80. The van der Waals surface area contributed by atoms with E-state index in [1.807, 2.05) is 0 Å². The van der Waals surface area contributed by atoms with E-state index in [9.17, 15) is 18.7 Å². The maximum Gasteiger partial charge on any atom is 0.248 e. The Morgan fingerprint density at radius 3 is 2.15 bits per heavy atom. The van der Waals surface area contributed by atoms with E-state index in [0.29, 0.717) is 0 Å². The standard InChI is InChI=1S/C9H14F2O2/c1-7(12)6-8(13)2-4-9(10,11)5-3-8/h13H,2-6H2,1H3. The Bertz CT molecular complexity index is 204. The van der Waals surface area contributed by atoms with Crippen LogP contribution in [0.25, 0.3) is 0 Å². The fourth-order valence-electron chi connectivity index (χ4n) is 1.72. The number of rotatable bonds is 2. The Morgan fingerprint density at radius 2 is 1.77 bits per heavy atom. The summed E-state index contributed by atoms with van der Waals surface area (Å²) >= 11 is 0. The van der Waals surface area contributed by atoms with Gasteiger partial charge in [0.1, 0.15) is 5.78 Å². The van der Waals surface area contributed by atoms with Crippen LogP contribution in [0.3, 0.4) is 0 Å². The van der Waals surface area contributed by atoms with Crippen LogP contribution in [0.1, 0.15) is 39.0 Å². The predicted octanol–water partition coefficient (Wildman–Crippen LogP) is 1.91. The number of alkyl halides is 2. The molecule has 0 saturated heterocycles. The van der Waals surface area contributed by atoms with Crippen molar-refractivity contribution in [2.45, 2.75) is 50.6 Å². The highest BCUT2D eigenvalue weighted by atomic mass is 19.3. The van der Waals surface area contributed by atoms with E-state index < -0.39 is 11.5 Å². The van der Waals surface area contributed by atoms with E-state index in [2.05, 4.69) is 0 Å². The minimum Gasteiger partial charge on any atom is -0.389 e. The monoisotopic (exact) mass is 192 g/mol. The van der Waals surface area contributed by atoms with Gasteiger partial charge < -0.3 is 5.11 Å². The van der Waals surface area contributed by atoms with E-state index in [0.717, 1.165) is 0 Å². The summed E-state index contributed by atoms with van der Waals surface area (Å²) in [6, 6.07) is 0. The van der Waals surface area contributed by atoms with E-state index in [4.69, 9.17) is 0 Å². The van der Waals surface area contributed by atoms with Gasteiger partial charge in [-0.25, -0.2) is 8.78 Å². The molecule has 0 spiro atoms. The molecule has 76 valence electrons. The van der Waals surface area contributed by atoms with Gasteiger partial charge in [0.05, 0.1) is 5.60 Å². The average molecular weight is 192 g/mol. The van der Waals surface area contributed by atoms with Crippen molar-refractivity contribution in [3.63, 3.8) is 0 Å². The molecular weight excluding hydrogens is 178 g/mol. The summed E-state index contributed by atoms with van der Waals surface area (Å²) in [5.74, 6) is -2.80. The summed E-state index contributed by atoms with van der Waals surface area (Å²) in [6.45, 7) is 1.37. The lowest BCUT2D eigenvalue weighted by molar-refractivity contribution is -0.132. The molecule has 1 aliphatic carbocycles. The fraction of sp³-hybridized carbons (Fsp3) is 0.889. The van der Waals surface area contributed by atoms with Crippen molar-refractivity contribution in [3.05, 3.63) is 0 Å². The highest BCUT2D eigenvalue weighted by Crippen LogP contribution is 2.39. The van der Waals surface area contributed by atoms with Crippen molar-refractivity contribution < 1.29 is 18.7 Å². The molecule has 0 amide bonds. The summed E-state index contributed by atoms with van der Waals surface area (Å²) < 4.78 is 25.4. The first-order chi connectivity index (χ1) is 5.83. The van der Waals surface area contributed by atoms with Crippen LogP contribution in [0.2, 0.25) is 0 Å². The second-order valence-electron chi connectivity index (χ2n) is 3.96. The van der Waals surface area contributed by atoms with E-state index in [1.54, 1.807) is 0 Å². The van der Waals surface area contributed by atoms with E-state index >= 15 is 0 Å². The Labute approximate surface area is 75.9 Å². The van der Waals surface area contributed by atoms with Crippen LogP contribution in [0.5, 0.6) is 0 Å². The van der Waals surface area contributed by atoms with Gasteiger partial charge in [-0.15, -0.1) is 0 Å². The summed E-state index contributed by atoms with van der Waals surface area (Å²) in [5.41, 5.74) is -1.17. The normalized spacial score (nSPS) is 25.5. The van der Waals surface area contributed by atoms with Gasteiger partial charge in [-0.05, 0) is 19.8 Å². The molecule has 0 radical (unpaired) electrons. The number of ketones is 1. The van der Waals surface area contributed by atoms with Gasteiger partial charge in [0, 0.05) is 19.3 Å². The van der Waals surface area contributed by atoms with Crippen molar-refractivity contribution in [2.75, 3.05) is 0 Å². The van der Waals surface area contributed by atoms with Crippen molar-refractivity contribution in [1.82, 2.24) is 0 Å². The van der Waals surface area contributed by atoms with Crippen molar-refractivity contribution >= 4 is 5.78 Å². The fourth-order valence-corrected chi connectivity index (χ4v) is 1.72. The van der Waals surface area contributed by atoms with Crippen LogP contribution < -0.4 is 0 Å². The lowest BCUT2D eigenvalue weighted by Gasteiger charge is -2.35. The molecule has 4 heteroatoms. The SMILES string of the molecule is CC(=O)CC1(O)CCC(F)(F)CC1. The van der Waals surface area contributed by atoms with Gasteiger partial charge in [0.2, 0.25) is 5.92 Å². The molecule has 0 aromatic carbocycles. The van der Waals surface area contributed by atoms with E-state index in [-0.39, 0.29) is 37.9 Å². The van der Waals surface area contributed by atoms with Crippen LogP contribution in [-0.4, -0.2) is 22.4 Å². The van der Waals surface area contributed by atoms with Crippen LogP contribution in [0, 0.1) is 0 Å². The molecule has 0 heterocycles. The predicted molar refractivity (Wildman–Crippen MR) is 43.7 cm³/mol. The smallest absolute Gasteiger partial charge is 0.248 e. The minimum absolute atomic E-state index is 0.00306. The molecular formula is C9H14F2O2. The Morgan fingerprint density at radius 1 is 1.31 bits per heavy atom. The van der Waals surface area contributed by atoms with Crippen LogP contribution in [-0.2, 0) is 4.79 Å². The van der Waals surface area contributed by atoms with E-state index in [1.165, 1.54) is 6.92 Å². The first kappa shape index (κ1) is 10.6. The molecule has 0 unspecified atom stereocenters. The second kappa shape index (κ2) is 3.33. The zero-order chi connectivity index (χ0) is 10.1. The maximum absolute atomic E-state index is 12.7. The number of Topliss-reactive ketones (excluding diaryl/α,β-unsaturated/α-hetero) is 1. The largest absolute Gasteiger partial charge is 0.389 e. The molecule has 0 bridgehead atoms. The number of aliphatic hydroxyl groups is 1. The van der Waals surface area contributed by atoms with Crippen molar-refractivity contribution in [2.24, 2.45) is 0 Å². The van der Waals surface area contributed by atoms with Crippen LogP contribution in [0.15, 0.2) is 0 Å². The highest BCUT2D eigenvalue weighted by molar-refractivity contribution is 5.76. The molecule has 1 fully saturated rings. The van der Waals surface area contributed by atoms with Gasteiger partial charge in [0.25, 0.3) is 0 Å². The molecule has 0 aromatic heterocycles. The quantitative estimate of drug-likeness (QED) is 0.725. The summed E-state index contributed by atoms with van der Waals surface area (Å²) in [5, 5.41) is 9.72. The topological polar surface area (TPSA) is 37.3 Å². The zero-order valence-corrected chi connectivity index (χ0v) is 7.65. The molecule has 1 rings (SSSR count). The molecule has 1 saturated carbocycles. The third-order valence-electron chi connectivity index (χ3n) is 2.49. The Kier molecular flexibility index (Phi) is 2.71. The Hall–Kier alpha value is -0.510. The van der Waals surface area contributed by atoms with Gasteiger partial charge >= 0.3 is 0 Å². The number of carbonyl (C=O) groups excluding carboxylic acids is 1. The number of carbonyl (C=O) groups is 1. The highest BCUT2D eigenvalue weighted by Gasteiger charge is 2.42. The molecule has 0 aliphatic heterocycles. The first-order valence-electron chi connectivity index (χ1n) is 4.43. The summed E-state index contributed by atoms with van der Waals surface area (Å²) in [6.07, 6.45) is -0.560. The lowest BCUT2D eigenvalue weighted by Crippen LogP contribution is -2.39. The second-order valence-corrected chi connectivity index (χ2v) is 3.96. The molecule has 1 N–H and O–H groups in total. The van der Waals surface area contributed by atoms with Gasteiger partial charge in [-0.1, -0.05) is 0 Å². The molecule has 0 aromatic rings. The van der Waals surface area contributed by atoms with Crippen LogP contribution >= 0.6 is 0 Å². The minimum atomic E-state index is -2.65. The molecule has 13 heavy (non-hydrogen) atoms.